The van der Waals surface area contributed by atoms with Crippen LogP contribution in [0.5, 0.6) is 0 Å². The highest BCUT2D eigenvalue weighted by atomic mass is 35.5. The minimum atomic E-state index is 0.249. The van der Waals surface area contributed by atoms with Crippen molar-refractivity contribution in [2.45, 2.75) is 31.8 Å². The summed E-state index contributed by atoms with van der Waals surface area (Å²) in [6.45, 7) is 2.16. The van der Waals surface area contributed by atoms with Gasteiger partial charge in [-0.15, -0.1) is 0 Å². The standard InChI is InChI=1S/C17H17Cl2N/c1-11(16-4-2-3-5-17(16)19)20-15-9-12-6-7-14(18)8-13(12)10-15/h2-8,11,15,20H,9-10H2,1H3/t11-,15?/m1/s1. The molecular weight excluding hydrogens is 289 g/mol. The summed E-state index contributed by atoms with van der Waals surface area (Å²) in [7, 11) is 0. The molecular formula is C17H17Cl2N. The van der Waals surface area contributed by atoms with Crippen molar-refractivity contribution < 1.29 is 0 Å². The van der Waals surface area contributed by atoms with E-state index < -0.39 is 0 Å². The molecule has 2 aromatic rings. The van der Waals surface area contributed by atoms with Gasteiger partial charge in [-0.1, -0.05) is 47.5 Å². The van der Waals surface area contributed by atoms with Gasteiger partial charge in [-0.25, -0.2) is 0 Å². The lowest BCUT2D eigenvalue weighted by Gasteiger charge is -2.20. The van der Waals surface area contributed by atoms with E-state index in [1.165, 1.54) is 11.1 Å². The predicted molar refractivity (Wildman–Crippen MR) is 85.7 cm³/mol. The molecule has 0 radical (unpaired) electrons. The molecule has 2 atom stereocenters. The first-order chi connectivity index (χ1) is 9.63. The highest BCUT2D eigenvalue weighted by molar-refractivity contribution is 6.31. The van der Waals surface area contributed by atoms with Crippen LogP contribution in [0.3, 0.4) is 0 Å². The van der Waals surface area contributed by atoms with Crippen LogP contribution in [0, 0.1) is 0 Å². The largest absolute Gasteiger partial charge is 0.307 e. The third-order valence-electron chi connectivity index (χ3n) is 3.96. The number of rotatable bonds is 3. The maximum absolute atomic E-state index is 6.26. The third kappa shape index (κ3) is 2.85. The fourth-order valence-electron chi connectivity index (χ4n) is 2.97. The van der Waals surface area contributed by atoms with Crippen molar-refractivity contribution in [3.63, 3.8) is 0 Å². The van der Waals surface area contributed by atoms with Crippen LogP contribution in [0.1, 0.15) is 29.7 Å². The second-order valence-corrected chi connectivity index (χ2v) is 6.27. The smallest absolute Gasteiger partial charge is 0.0453 e. The Morgan fingerprint density at radius 2 is 1.80 bits per heavy atom. The van der Waals surface area contributed by atoms with Crippen LogP contribution in [0.2, 0.25) is 10.0 Å². The molecule has 0 heterocycles. The molecule has 0 saturated carbocycles. The summed E-state index contributed by atoms with van der Waals surface area (Å²) < 4.78 is 0. The predicted octanol–water partition coefficient (Wildman–Crippen LogP) is 4.81. The molecule has 0 fully saturated rings. The van der Waals surface area contributed by atoms with Gasteiger partial charge in [0.2, 0.25) is 0 Å². The van der Waals surface area contributed by atoms with Crippen molar-refractivity contribution in [2.24, 2.45) is 0 Å². The van der Waals surface area contributed by atoms with Crippen LogP contribution in [0.15, 0.2) is 42.5 Å². The molecule has 0 saturated heterocycles. The minimum Gasteiger partial charge on any atom is -0.307 e. The summed E-state index contributed by atoms with van der Waals surface area (Å²) in [6, 6.07) is 14.9. The van der Waals surface area contributed by atoms with Crippen molar-refractivity contribution in [2.75, 3.05) is 0 Å². The maximum Gasteiger partial charge on any atom is 0.0453 e. The molecule has 3 rings (SSSR count). The minimum absolute atomic E-state index is 0.249. The lowest BCUT2D eigenvalue weighted by Crippen LogP contribution is -2.32. The molecule has 0 amide bonds. The van der Waals surface area contributed by atoms with E-state index in [2.05, 4.69) is 30.4 Å². The van der Waals surface area contributed by atoms with Crippen molar-refractivity contribution in [3.05, 3.63) is 69.2 Å². The van der Waals surface area contributed by atoms with Gasteiger partial charge < -0.3 is 5.32 Å². The van der Waals surface area contributed by atoms with Crippen molar-refractivity contribution in [1.29, 1.82) is 0 Å². The first kappa shape index (κ1) is 13.9. The third-order valence-corrected chi connectivity index (χ3v) is 4.54. The van der Waals surface area contributed by atoms with Crippen molar-refractivity contribution in [1.82, 2.24) is 5.32 Å². The fourth-order valence-corrected chi connectivity index (χ4v) is 3.47. The van der Waals surface area contributed by atoms with Crippen molar-refractivity contribution in [3.8, 4) is 0 Å². The molecule has 1 N–H and O–H groups in total. The summed E-state index contributed by atoms with van der Waals surface area (Å²) in [4.78, 5) is 0. The molecule has 0 aliphatic heterocycles. The average molecular weight is 306 g/mol. The molecule has 20 heavy (non-hydrogen) atoms. The van der Waals surface area contributed by atoms with E-state index in [-0.39, 0.29) is 6.04 Å². The van der Waals surface area contributed by atoms with Gasteiger partial charge in [0.1, 0.15) is 0 Å². The number of hydrogen-bond acceptors (Lipinski definition) is 1. The van der Waals surface area contributed by atoms with Crippen LogP contribution in [0.25, 0.3) is 0 Å². The number of benzene rings is 2. The van der Waals surface area contributed by atoms with Crippen LogP contribution in [-0.4, -0.2) is 6.04 Å². The molecule has 3 heteroatoms. The Labute approximate surface area is 129 Å². The average Bonchev–Trinajstić information content (AvgIpc) is 2.80. The zero-order valence-electron chi connectivity index (χ0n) is 11.4. The van der Waals surface area contributed by atoms with Gasteiger partial charge in [0.05, 0.1) is 0 Å². The molecule has 1 unspecified atom stereocenters. The van der Waals surface area contributed by atoms with Crippen LogP contribution in [-0.2, 0) is 12.8 Å². The first-order valence-electron chi connectivity index (χ1n) is 6.91. The number of halogens is 2. The van der Waals surface area contributed by atoms with Crippen molar-refractivity contribution >= 4 is 23.2 Å². The summed E-state index contributed by atoms with van der Waals surface area (Å²) in [6.07, 6.45) is 2.09. The zero-order valence-corrected chi connectivity index (χ0v) is 12.9. The Bertz CT molecular complexity index is 624. The van der Waals surface area contributed by atoms with Gasteiger partial charge in [0, 0.05) is 22.1 Å². The van der Waals surface area contributed by atoms with E-state index in [1.54, 1.807) is 0 Å². The Balaban J connectivity index is 1.70. The van der Waals surface area contributed by atoms with E-state index >= 15 is 0 Å². The maximum atomic E-state index is 6.26. The molecule has 1 aliphatic carbocycles. The lowest BCUT2D eigenvalue weighted by molar-refractivity contribution is 0.467. The summed E-state index contributed by atoms with van der Waals surface area (Å²) >= 11 is 12.3. The number of hydrogen-bond donors (Lipinski definition) is 1. The SMILES string of the molecule is C[C@@H](NC1Cc2ccc(Cl)cc2C1)c1ccccc1Cl. The van der Waals surface area contributed by atoms with Gasteiger partial charge in [-0.2, -0.15) is 0 Å². The van der Waals surface area contributed by atoms with E-state index in [4.69, 9.17) is 23.2 Å². The van der Waals surface area contributed by atoms with Gasteiger partial charge >= 0.3 is 0 Å². The molecule has 2 aromatic carbocycles. The number of nitrogens with one attached hydrogen (secondary N) is 1. The molecule has 0 spiro atoms. The highest BCUT2D eigenvalue weighted by Crippen LogP contribution is 2.28. The second kappa shape index (κ2) is 5.77. The van der Waals surface area contributed by atoms with Gasteiger partial charge in [0.15, 0.2) is 0 Å². The highest BCUT2D eigenvalue weighted by Gasteiger charge is 2.23. The number of fused-ring (bicyclic) bond motifs is 1. The van der Waals surface area contributed by atoms with E-state index in [1.807, 2.05) is 24.3 Å². The lowest BCUT2D eigenvalue weighted by atomic mass is 10.1. The van der Waals surface area contributed by atoms with Gasteiger partial charge in [0.25, 0.3) is 0 Å². The molecule has 1 nitrogen and oxygen atoms in total. The Morgan fingerprint density at radius 1 is 1.05 bits per heavy atom. The molecule has 0 bridgehead atoms. The van der Waals surface area contributed by atoms with Crippen LogP contribution in [0.4, 0.5) is 0 Å². The normalized spacial score (nSPS) is 18.9. The molecule has 104 valence electrons. The van der Waals surface area contributed by atoms with E-state index in [0.29, 0.717) is 6.04 Å². The van der Waals surface area contributed by atoms with Crippen LogP contribution >= 0.6 is 23.2 Å². The Hall–Kier alpha value is -1.02. The van der Waals surface area contributed by atoms with Gasteiger partial charge in [-0.05, 0) is 54.7 Å². The Kier molecular flexibility index (Phi) is 4.02. The molecule has 0 aromatic heterocycles. The quantitative estimate of drug-likeness (QED) is 0.858. The summed E-state index contributed by atoms with van der Waals surface area (Å²) in [5, 5.41) is 5.32. The summed E-state index contributed by atoms with van der Waals surface area (Å²) in [5.74, 6) is 0. The molecule has 1 aliphatic rings. The summed E-state index contributed by atoms with van der Waals surface area (Å²) in [5.41, 5.74) is 3.92. The topological polar surface area (TPSA) is 12.0 Å². The monoisotopic (exact) mass is 305 g/mol. The fraction of sp³-hybridized carbons (Fsp3) is 0.294. The second-order valence-electron chi connectivity index (χ2n) is 5.43. The zero-order chi connectivity index (χ0) is 14.1. The first-order valence-corrected chi connectivity index (χ1v) is 7.67. The Morgan fingerprint density at radius 3 is 2.60 bits per heavy atom. The van der Waals surface area contributed by atoms with E-state index in [0.717, 1.165) is 28.5 Å². The van der Waals surface area contributed by atoms with Gasteiger partial charge in [-0.3, -0.25) is 0 Å². The van der Waals surface area contributed by atoms with E-state index in [9.17, 15) is 0 Å². The van der Waals surface area contributed by atoms with Crippen LogP contribution < -0.4 is 5.32 Å².